The Balaban J connectivity index is 1.89. The van der Waals surface area contributed by atoms with Crippen LogP contribution in [0.5, 0.6) is 0 Å². The molecule has 0 aliphatic heterocycles. The first-order chi connectivity index (χ1) is 13.4. The van der Waals surface area contributed by atoms with Crippen LogP contribution in [0.15, 0.2) is 12.4 Å². The number of aryl methyl sites for hydroxylation is 1. The molecule has 4 atom stereocenters. The lowest BCUT2D eigenvalue weighted by Gasteiger charge is -2.41. The van der Waals surface area contributed by atoms with Gasteiger partial charge in [-0.1, -0.05) is 31.2 Å². The molecule has 2 aromatic heterocycles. The fourth-order valence-electron chi connectivity index (χ4n) is 3.89. The highest BCUT2D eigenvalue weighted by Gasteiger charge is 2.41. The Hall–Kier alpha value is -1.80. The molecule has 0 bridgehead atoms. The van der Waals surface area contributed by atoms with E-state index in [0.29, 0.717) is 12.5 Å². The minimum absolute atomic E-state index is 0.0137. The summed E-state index contributed by atoms with van der Waals surface area (Å²) in [7, 11) is 0. The Labute approximate surface area is 167 Å². The predicted octanol–water partition coefficient (Wildman–Crippen LogP) is 3.33. The van der Waals surface area contributed by atoms with Crippen molar-refractivity contribution in [2.75, 3.05) is 6.61 Å². The van der Waals surface area contributed by atoms with E-state index in [1.165, 1.54) is 0 Å². The normalized spacial score (nSPS) is 25.7. The number of rotatable bonds is 8. The summed E-state index contributed by atoms with van der Waals surface area (Å²) < 4.78 is 16.4. The Bertz CT molecular complexity index is 741. The van der Waals surface area contributed by atoms with Crippen molar-refractivity contribution >= 4 is 0 Å². The SMILES string of the molecule is CCOC1CC(n2cc(CC)nn2)C(OC(C)C)CC1n1cc(C(C)C)nn1. The largest absolute Gasteiger partial charge is 0.376 e. The van der Waals surface area contributed by atoms with Gasteiger partial charge < -0.3 is 9.47 Å². The van der Waals surface area contributed by atoms with E-state index in [1.54, 1.807) is 0 Å². The molecule has 0 radical (unpaired) electrons. The van der Waals surface area contributed by atoms with Gasteiger partial charge in [0.2, 0.25) is 0 Å². The standard InChI is InChI=1S/C20H34N6O2/c1-7-15-11-25(23-21-15)18-9-19(27-8-2)17(10-20(18)28-14(5)6)26-12-16(13(3)4)22-24-26/h11-14,17-20H,7-10H2,1-6H3. The van der Waals surface area contributed by atoms with Gasteiger partial charge in [-0.3, -0.25) is 0 Å². The van der Waals surface area contributed by atoms with Crippen LogP contribution in [0.2, 0.25) is 0 Å². The molecule has 0 spiro atoms. The maximum atomic E-state index is 6.33. The van der Waals surface area contributed by atoms with Crippen LogP contribution < -0.4 is 0 Å². The van der Waals surface area contributed by atoms with Crippen LogP contribution in [0, 0.1) is 0 Å². The highest BCUT2D eigenvalue weighted by atomic mass is 16.5. The molecule has 4 unspecified atom stereocenters. The Morgan fingerprint density at radius 3 is 2.18 bits per heavy atom. The molecule has 2 aromatic rings. The molecule has 28 heavy (non-hydrogen) atoms. The number of hydrogen-bond donors (Lipinski definition) is 0. The molecule has 8 nitrogen and oxygen atoms in total. The quantitative estimate of drug-likeness (QED) is 0.688. The highest BCUT2D eigenvalue weighted by Crippen LogP contribution is 2.39. The first-order valence-electron chi connectivity index (χ1n) is 10.5. The van der Waals surface area contributed by atoms with E-state index in [9.17, 15) is 0 Å². The van der Waals surface area contributed by atoms with Gasteiger partial charge in [0.25, 0.3) is 0 Å². The topological polar surface area (TPSA) is 79.9 Å². The predicted molar refractivity (Wildman–Crippen MR) is 106 cm³/mol. The zero-order valence-corrected chi connectivity index (χ0v) is 17.9. The zero-order chi connectivity index (χ0) is 20.3. The molecule has 0 aromatic carbocycles. The second kappa shape index (κ2) is 9.13. The van der Waals surface area contributed by atoms with Crippen LogP contribution in [-0.2, 0) is 15.9 Å². The maximum absolute atomic E-state index is 6.33. The number of aromatic nitrogens is 6. The fraction of sp³-hybridized carbons (Fsp3) is 0.800. The number of hydrogen-bond acceptors (Lipinski definition) is 6. The summed E-state index contributed by atoms with van der Waals surface area (Å²) in [6.07, 6.45) is 6.74. The molecular formula is C20H34N6O2. The van der Waals surface area contributed by atoms with Gasteiger partial charge in [0.05, 0.1) is 41.8 Å². The van der Waals surface area contributed by atoms with Crippen LogP contribution in [0.4, 0.5) is 0 Å². The number of nitrogens with zero attached hydrogens (tertiary/aromatic N) is 6. The second-order valence-electron chi connectivity index (χ2n) is 8.14. The first kappa shape index (κ1) is 20.9. The van der Waals surface area contributed by atoms with E-state index in [4.69, 9.17) is 9.47 Å². The van der Waals surface area contributed by atoms with Crippen molar-refractivity contribution in [1.82, 2.24) is 30.0 Å². The smallest absolute Gasteiger partial charge is 0.0852 e. The van der Waals surface area contributed by atoms with Gasteiger partial charge in [-0.15, -0.1) is 10.2 Å². The lowest BCUT2D eigenvalue weighted by atomic mass is 9.85. The van der Waals surface area contributed by atoms with Gasteiger partial charge in [-0.2, -0.15) is 0 Å². The van der Waals surface area contributed by atoms with Crippen molar-refractivity contribution in [2.24, 2.45) is 0 Å². The van der Waals surface area contributed by atoms with Crippen molar-refractivity contribution in [1.29, 1.82) is 0 Å². The van der Waals surface area contributed by atoms with Gasteiger partial charge in [0.1, 0.15) is 0 Å². The van der Waals surface area contributed by atoms with Crippen LogP contribution >= 0.6 is 0 Å². The molecule has 2 heterocycles. The third-order valence-corrected chi connectivity index (χ3v) is 5.35. The fourth-order valence-corrected chi connectivity index (χ4v) is 3.89. The molecule has 1 aliphatic carbocycles. The van der Waals surface area contributed by atoms with Gasteiger partial charge in [0.15, 0.2) is 0 Å². The molecule has 0 amide bonds. The van der Waals surface area contributed by atoms with E-state index in [0.717, 1.165) is 30.7 Å². The van der Waals surface area contributed by atoms with Gasteiger partial charge in [-0.25, -0.2) is 9.36 Å². The summed E-state index contributed by atoms with van der Waals surface area (Å²) in [5.41, 5.74) is 2.00. The van der Waals surface area contributed by atoms with Crippen molar-refractivity contribution in [3.63, 3.8) is 0 Å². The van der Waals surface area contributed by atoms with Crippen LogP contribution in [0.1, 0.15) is 83.8 Å². The van der Waals surface area contributed by atoms with Gasteiger partial charge >= 0.3 is 0 Å². The summed E-state index contributed by atoms with van der Waals surface area (Å²) in [4.78, 5) is 0. The molecule has 1 fully saturated rings. The molecule has 0 N–H and O–H groups in total. The van der Waals surface area contributed by atoms with E-state index in [2.05, 4.69) is 61.4 Å². The van der Waals surface area contributed by atoms with E-state index in [-0.39, 0.29) is 30.4 Å². The monoisotopic (exact) mass is 390 g/mol. The summed E-state index contributed by atoms with van der Waals surface area (Å²) in [6, 6.07) is 0.185. The van der Waals surface area contributed by atoms with Crippen molar-refractivity contribution in [2.45, 2.75) is 97.1 Å². The van der Waals surface area contributed by atoms with E-state index < -0.39 is 0 Å². The maximum Gasteiger partial charge on any atom is 0.0852 e. The van der Waals surface area contributed by atoms with E-state index in [1.807, 2.05) is 22.5 Å². The first-order valence-corrected chi connectivity index (χ1v) is 10.5. The zero-order valence-electron chi connectivity index (χ0n) is 17.9. The van der Waals surface area contributed by atoms with Crippen LogP contribution in [0.3, 0.4) is 0 Å². The summed E-state index contributed by atoms with van der Waals surface area (Å²) in [6.45, 7) is 13.2. The molecule has 156 valence electrons. The Kier molecular flexibility index (Phi) is 6.82. The van der Waals surface area contributed by atoms with Crippen LogP contribution in [-0.4, -0.2) is 54.9 Å². The van der Waals surface area contributed by atoms with Gasteiger partial charge in [-0.05, 0) is 33.1 Å². The lowest BCUT2D eigenvalue weighted by molar-refractivity contribution is -0.103. The molecule has 1 aliphatic rings. The minimum atomic E-state index is 0.0137. The number of ether oxygens (including phenoxy) is 2. The third kappa shape index (κ3) is 4.60. The molecular weight excluding hydrogens is 356 g/mol. The molecule has 3 rings (SSSR count). The van der Waals surface area contributed by atoms with Gasteiger partial charge in [0, 0.05) is 31.8 Å². The average Bonchev–Trinajstić information content (AvgIpc) is 3.32. The van der Waals surface area contributed by atoms with Crippen molar-refractivity contribution in [3.8, 4) is 0 Å². The second-order valence-corrected chi connectivity index (χ2v) is 8.14. The third-order valence-electron chi connectivity index (χ3n) is 5.35. The molecule has 0 saturated heterocycles. The summed E-state index contributed by atoms with van der Waals surface area (Å²) in [5.74, 6) is 0.348. The van der Waals surface area contributed by atoms with Crippen molar-refractivity contribution < 1.29 is 9.47 Å². The Morgan fingerprint density at radius 1 is 0.964 bits per heavy atom. The summed E-state index contributed by atoms with van der Waals surface area (Å²) >= 11 is 0. The average molecular weight is 391 g/mol. The van der Waals surface area contributed by atoms with E-state index >= 15 is 0 Å². The molecule has 8 heteroatoms. The Morgan fingerprint density at radius 2 is 1.61 bits per heavy atom. The molecule has 1 saturated carbocycles. The van der Waals surface area contributed by atoms with Crippen molar-refractivity contribution in [3.05, 3.63) is 23.8 Å². The lowest BCUT2D eigenvalue weighted by Crippen LogP contribution is -2.44. The van der Waals surface area contributed by atoms with Crippen LogP contribution in [0.25, 0.3) is 0 Å². The minimum Gasteiger partial charge on any atom is -0.376 e. The summed E-state index contributed by atoms with van der Waals surface area (Å²) in [5, 5.41) is 17.4. The highest BCUT2D eigenvalue weighted by molar-refractivity contribution is 5.02.